The number of hydrogen-bond donors (Lipinski definition) is 0. The molecule has 0 aromatic carbocycles. The Balaban J connectivity index is 4.30. The van der Waals surface area contributed by atoms with Gasteiger partial charge in [-0.1, -0.05) is 197 Å². The molecular formula is C56H99NO7. The molecule has 0 saturated carbocycles. The fourth-order valence-corrected chi connectivity index (χ4v) is 7.57. The number of quaternary nitrogens is 1. The number of hydrogen-bond acceptors (Lipinski definition) is 7. The van der Waals surface area contributed by atoms with Crippen molar-refractivity contribution in [3.63, 3.8) is 0 Å². The van der Waals surface area contributed by atoms with E-state index in [0.717, 1.165) is 77.0 Å². The van der Waals surface area contributed by atoms with Gasteiger partial charge in [0.25, 0.3) is 0 Å². The van der Waals surface area contributed by atoms with Gasteiger partial charge in [-0.3, -0.25) is 9.59 Å². The van der Waals surface area contributed by atoms with Crippen LogP contribution >= 0.6 is 0 Å². The van der Waals surface area contributed by atoms with E-state index < -0.39 is 18.1 Å². The summed E-state index contributed by atoms with van der Waals surface area (Å²) >= 11 is 0. The number of likely N-dealkylation sites (N-methyl/N-ethyl adjacent to an activating group) is 1. The molecule has 0 saturated heterocycles. The van der Waals surface area contributed by atoms with E-state index in [4.69, 9.17) is 14.2 Å². The van der Waals surface area contributed by atoms with E-state index in [1.54, 1.807) is 21.1 Å². The number of esters is 2. The molecule has 2 atom stereocenters. The third kappa shape index (κ3) is 44.2. The molecule has 0 spiro atoms. The van der Waals surface area contributed by atoms with Crippen LogP contribution in [-0.2, 0) is 28.6 Å². The van der Waals surface area contributed by atoms with Crippen molar-refractivity contribution in [3.8, 4) is 0 Å². The van der Waals surface area contributed by atoms with Crippen LogP contribution in [0.1, 0.15) is 226 Å². The molecule has 0 rings (SSSR count). The molecule has 64 heavy (non-hydrogen) atoms. The number of unbranched alkanes of at least 4 members (excludes halogenated alkanes) is 25. The fraction of sp³-hybridized carbons (Fsp3) is 0.768. The summed E-state index contributed by atoms with van der Waals surface area (Å²) in [4.78, 5) is 37.0. The van der Waals surface area contributed by atoms with Crippen LogP contribution in [0.3, 0.4) is 0 Å². The van der Waals surface area contributed by atoms with Crippen molar-refractivity contribution < 1.29 is 38.2 Å². The first-order valence-electron chi connectivity index (χ1n) is 26.3. The van der Waals surface area contributed by atoms with Crippen LogP contribution in [0.4, 0.5) is 0 Å². The molecule has 0 bridgehead atoms. The van der Waals surface area contributed by atoms with Crippen molar-refractivity contribution in [1.82, 2.24) is 0 Å². The van der Waals surface area contributed by atoms with E-state index in [0.29, 0.717) is 12.8 Å². The Morgan fingerprint density at radius 3 is 1.33 bits per heavy atom. The fourth-order valence-electron chi connectivity index (χ4n) is 7.57. The van der Waals surface area contributed by atoms with Crippen molar-refractivity contribution in [1.29, 1.82) is 0 Å². The molecule has 0 aromatic heterocycles. The van der Waals surface area contributed by atoms with Gasteiger partial charge in [0.15, 0.2) is 6.10 Å². The minimum absolute atomic E-state index is 0.0291. The van der Waals surface area contributed by atoms with E-state index in [9.17, 15) is 19.5 Å². The number of carboxylic acid groups (broad SMARTS) is 1. The van der Waals surface area contributed by atoms with E-state index >= 15 is 0 Å². The standard InChI is InChI=1S/C56H99NO7/c1-6-8-10-12-14-16-18-20-22-24-26-27-28-29-31-33-35-37-39-41-43-45-47-55(59)64-52(50-62-49-48-53(56(60)61)57(3,4)5)51-63-54(58)46-44-42-40-38-36-34-32-30-25-23-21-19-17-15-13-11-9-7-2/h19,21,23-26,28-30,32,52-53H,6-18,20,22,27,31,33-51H2,1-5H3/b21-19+,25-23+,26-24+,29-28+,32-30+. The molecule has 0 amide bonds. The van der Waals surface area contributed by atoms with Crippen LogP contribution in [0.2, 0.25) is 0 Å². The Kier molecular flexibility index (Phi) is 44.4. The lowest BCUT2D eigenvalue weighted by Gasteiger charge is -2.34. The highest BCUT2D eigenvalue weighted by Crippen LogP contribution is 2.14. The second kappa shape index (κ2) is 46.6. The minimum atomic E-state index is -1.13. The van der Waals surface area contributed by atoms with E-state index in [1.807, 2.05) is 0 Å². The Hall–Kier alpha value is -2.97. The Morgan fingerprint density at radius 2 is 0.891 bits per heavy atom. The zero-order valence-corrected chi connectivity index (χ0v) is 42.2. The lowest BCUT2D eigenvalue weighted by molar-refractivity contribution is -0.889. The molecule has 8 heteroatoms. The van der Waals surface area contributed by atoms with Crippen LogP contribution in [-0.4, -0.2) is 75.5 Å². The topological polar surface area (TPSA) is 102 Å². The normalized spacial score (nSPS) is 13.3. The monoisotopic (exact) mass is 898 g/mol. The van der Waals surface area contributed by atoms with Gasteiger partial charge >= 0.3 is 11.9 Å². The molecule has 8 nitrogen and oxygen atoms in total. The van der Waals surface area contributed by atoms with Crippen molar-refractivity contribution in [2.45, 2.75) is 238 Å². The van der Waals surface area contributed by atoms with Gasteiger partial charge in [-0.15, -0.1) is 0 Å². The molecule has 2 unspecified atom stereocenters. The zero-order chi connectivity index (χ0) is 47.0. The van der Waals surface area contributed by atoms with E-state index in [-0.39, 0.29) is 42.7 Å². The Labute approximate surface area is 394 Å². The number of carbonyl (C=O) groups is 3. The number of rotatable bonds is 47. The SMILES string of the molecule is CCCCCCC/C=C/C=C/C=C/CCCCCCCC(=O)OCC(COCCC(C(=O)[O-])[N+](C)(C)C)OC(=O)CCCCCCCCC/C=C/C/C=C/CCCCCCCCCC. The summed E-state index contributed by atoms with van der Waals surface area (Å²) in [6.45, 7) is 4.63. The lowest BCUT2D eigenvalue weighted by Crippen LogP contribution is -2.55. The molecule has 0 aromatic rings. The zero-order valence-electron chi connectivity index (χ0n) is 42.2. The maximum atomic E-state index is 12.8. The molecule has 0 fully saturated rings. The van der Waals surface area contributed by atoms with Gasteiger partial charge in [0, 0.05) is 19.3 Å². The predicted octanol–water partition coefficient (Wildman–Crippen LogP) is 14.0. The highest BCUT2D eigenvalue weighted by molar-refractivity contribution is 5.70. The first-order valence-corrected chi connectivity index (χ1v) is 26.3. The Bertz CT molecular complexity index is 1230. The van der Waals surface area contributed by atoms with Gasteiger partial charge in [-0.25, -0.2) is 0 Å². The number of aliphatic carboxylic acids is 1. The third-order valence-corrected chi connectivity index (χ3v) is 11.7. The smallest absolute Gasteiger partial charge is 0.306 e. The highest BCUT2D eigenvalue weighted by Gasteiger charge is 2.25. The summed E-state index contributed by atoms with van der Waals surface area (Å²) in [6, 6.07) is -0.733. The van der Waals surface area contributed by atoms with Crippen molar-refractivity contribution in [2.24, 2.45) is 0 Å². The van der Waals surface area contributed by atoms with Crippen LogP contribution in [0.5, 0.6) is 0 Å². The molecular weight excluding hydrogens is 799 g/mol. The number of carboxylic acids is 1. The van der Waals surface area contributed by atoms with Crippen molar-refractivity contribution >= 4 is 17.9 Å². The van der Waals surface area contributed by atoms with Crippen molar-refractivity contribution in [3.05, 3.63) is 60.8 Å². The highest BCUT2D eigenvalue weighted by atomic mass is 16.6. The molecule has 0 radical (unpaired) electrons. The summed E-state index contributed by atoms with van der Waals surface area (Å²) in [6.07, 6.45) is 58.2. The quantitative estimate of drug-likeness (QED) is 0.0197. The van der Waals surface area contributed by atoms with Gasteiger partial charge < -0.3 is 28.6 Å². The second-order valence-electron chi connectivity index (χ2n) is 18.8. The second-order valence-corrected chi connectivity index (χ2v) is 18.8. The molecule has 0 aliphatic heterocycles. The average molecular weight is 898 g/mol. The third-order valence-electron chi connectivity index (χ3n) is 11.7. The number of ether oxygens (including phenoxy) is 3. The molecule has 0 aliphatic carbocycles. The number of nitrogens with zero attached hydrogens (tertiary/aromatic N) is 1. The maximum absolute atomic E-state index is 12.8. The minimum Gasteiger partial charge on any atom is -0.544 e. The van der Waals surface area contributed by atoms with Crippen LogP contribution in [0, 0.1) is 0 Å². The largest absolute Gasteiger partial charge is 0.544 e. The van der Waals surface area contributed by atoms with Crippen molar-refractivity contribution in [2.75, 3.05) is 41.0 Å². The molecule has 0 aliphatic rings. The van der Waals surface area contributed by atoms with Gasteiger partial charge in [-0.2, -0.15) is 0 Å². The average Bonchev–Trinajstić information content (AvgIpc) is 3.26. The molecule has 0 heterocycles. The number of carbonyl (C=O) groups excluding carboxylic acids is 3. The maximum Gasteiger partial charge on any atom is 0.306 e. The number of allylic oxidation sites excluding steroid dienone is 10. The van der Waals surface area contributed by atoms with E-state index in [2.05, 4.69) is 74.6 Å². The lowest BCUT2D eigenvalue weighted by atomic mass is 10.1. The Morgan fingerprint density at radius 1 is 0.484 bits per heavy atom. The van der Waals surface area contributed by atoms with E-state index in [1.165, 1.54) is 116 Å². The molecule has 370 valence electrons. The molecule has 0 N–H and O–H groups in total. The summed E-state index contributed by atoms with van der Waals surface area (Å²) in [5, 5.41) is 11.7. The first kappa shape index (κ1) is 61.0. The summed E-state index contributed by atoms with van der Waals surface area (Å²) in [5.74, 6) is -1.77. The summed E-state index contributed by atoms with van der Waals surface area (Å²) in [5.41, 5.74) is 0. The predicted molar refractivity (Wildman–Crippen MR) is 268 cm³/mol. The first-order chi connectivity index (χ1) is 31.1. The van der Waals surface area contributed by atoms with Crippen LogP contribution in [0.25, 0.3) is 0 Å². The van der Waals surface area contributed by atoms with Gasteiger partial charge in [0.05, 0.1) is 40.3 Å². The summed E-state index contributed by atoms with van der Waals surface area (Å²) in [7, 11) is 5.41. The summed E-state index contributed by atoms with van der Waals surface area (Å²) < 4.78 is 17.2. The van der Waals surface area contributed by atoms with Crippen LogP contribution < -0.4 is 5.11 Å². The van der Waals surface area contributed by atoms with Gasteiger partial charge in [-0.05, 0) is 70.6 Å². The van der Waals surface area contributed by atoms with Crippen LogP contribution in [0.15, 0.2) is 60.8 Å². The van der Waals surface area contributed by atoms with Gasteiger partial charge in [0.1, 0.15) is 12.6 Å². The van der Waals surface area contributed by atoms with Gasteiger partial charge in [0.2, 0.25) is 0 Å².